The van der Waals surface area contributed by atoms with Crippen LogP contribution >= 0.6 is 11.6 Å². The third kappa shape index (κ3) is 3.39. The van der Waals surface area contributed by atoms with Gasteiger partial charge in [-0.25, -0.2) is 9.78 Å². The predicted octanol–water partition coefficient (Wildman–Crippen LogP) is 3.70. The van der Waals surface area contributed by atoms with Gasteiger partial charge in [0.1, 0.15) is 11.4 Å². The van der Waals surface area contributed by atoms with Crippen molar-refractivity contribution in [2.75, 3.05) is 19.5 Å². The molecule has 7 heteroatoms. The number of anilines is 1. The molecular weight excluding hydrogens is 342 g/mol. The highest BCUT2D eigenvalue weighted by Crippen LogP contribution is 2.25. The number of aryl methyl sites for hydroxylation is 1. The number of esters is 1. The second kappa shape index (κ2) is 7.03. The van der Waals surface area contributed by atoms with Gasteiger partial charge in [0.15, 0.2) is 5.69 Å². The van der Waals surface area contributed by atoms with Gasteiger partial charge in [0.2, 0.25) is 0 Å². The second-order valence-corrected chi connectivity index (χ2v) is 5.94. The van der Waals surface area contributed by atoms with Crippen LogP contribution in [0.3, 0.4) is 0 Å². The van der Waals surface area contributed by atoms with E-state index in [0.717, 1.165) is 17.0 Å². The van der Waals surface area contributed by atoms with Crippen molar-refractivity contribution < 1.29 is 14.3 Å². The Balaban J connectivity index is 1.99. The van der Waals surface area contributed by atoms with Crippen LogP contribution < -0.4 is 10.1 Å². The summed E-state index contributed by atoms with van der Waals surface area (Å²) in [5.74, 6) is 0.277. The molecule has 6 nitrogen and oxygen atoms in total. The van der Waals surface area contributed by atoms with Gasteiger partial charge in [-0.05, 0) is 37.3 Å². The van der Waals surface area contributed by atoms with Crippen molar-refractivity contribution in [3.63, 3.8) is 0 Å². The molecule has 0 radical (unpaired) electrons. The maximum atomic E-state index is 12.3. The first-order chi connectivity index (χ1) is 12.0. The van der Waals surface area contributed by atoms with E-state index in [1.807, 2.05) is 31.2 Å². The molecule has 0 aliphatic rings. The van der Waals surface area contributed by atoms with Crippen LogP contribution in [0.4, 0.5) is 5.69 Å². The normalized spacial score (nSPS) is 10.7. The third-order valence-corrected chi connectivity index (χ3v) is 4.07. The first-order valence-electron chi connectivity index (χ1n) is 7.66. The second-order valence-electron chi connectivity index (χ2n) is 5.51. The molecule has 0 spiro atoms. The lowest BCUT2D eigenvalue weighted by atomic mass is 10.2. The summed E-state index contributed by atoms with van der Waals surface area (Å²) in [6.07, 6.45) is 1.80. The summed E-state index contributed by atoms with van der Waals surface area (Å²) in [6.45, 7) is 2.31. The first-order valence-corrected chi connectivity index (χ1v) is 8.04. The number of hydrogen-bond donors (Lipinski definition) is 1. The number of nitrogens with one attached hydrogen (secondary N) is 1. The lowest BCUT2D eigenvalue weighted by Gasteiger charge is -2.14. The lowest BCUT2D eigenvalue weighted by Crippen LogP contribution is -2.13. The molecule has 0 saturated heterocycles. The van der Waals surface area contributed by atoms with Gasteiger partial charge >= 0.3 is 5.97 Å². The average molecular weight is 360 g/mol. The summed E-state index contributed by atoms with van der Waals surface area (Å²) in [5, 5.41) is 3.88. The van der Waals surface area contributed by atoms with E-state index in [4.69, 9.17) is 21.1 Å². The molecule has 0 bridgehead atoms. The quantitative estimate of drug-likeness (QED) is 0.703. The van der Waals surface area contributed by atoms with E-state index in [9.17, 15) is 4.79 Å². The average Bonchev–Trinajstić information content (AvgIpc) is 2.99. The SMILES string of the molecule is COC(=O)c1c(NCc2cc(Cl)ccc2OC)ccc2nc(C)cn12. The topological polar surface area (TPSA) is 64.9 Å². The van der Waals surface area contributed by atoms with Gasteiger partial charge in [-0.15, -0.1) is 0 Å². The van der Waals surface area contributed by atoms with Crippen LogP contribution in [0.1, 0.15) is 21.7 Å². The summed E-state index contributed by atoms with van der Waals surface area (Å²) in [4.78, 5) is 16.7. The zero-order valence-electron chi connectivity index (χ0n) is 14.2. The Bertz CT molecular complexity index is 937. The van der Waals surface area contributed by atoms with Gasteiger partial charge in [-0.2, -0.15) is 0 Å². The third-order valence-electron chi connectivity index (χ3n) is 3.84. The zero-order valence-corrected chi connectivity index (χ0v) is 14.9. The van der Waals surface area contributed by atoms with E-state index in [0.29, 0.717) is 28.6 Å². The van der Waals surface area contributed by atoms with Crippen molar-refractivity contribution in [2.45, 2.75) is 13.5 Å². The standard InChI is InChI=1S/C18H18ClN3O3/c1-11-10-22-16(21-11)7-5-14(17(22)18(23)25-3)20-9-12-8-13(19)4-6-15(12)24-2/h4-8,10,20H,9H2,1-3H3. The molecule has 3 aromatic rings. The number of rotatable bonds is 5. The van der Waals surface area contributed by atoms with Crippen molar-refractivity contribution in [3.05, 3.63) is 58.5 Å². The molecule has 0 aliphatic carbocycles. The maximum Gasteiger partial charge on any atom is 0.357 e. The molecule has 2 aromatic heterocycles. The molecule has 0 amide bonds. The summed E-state index contributed by atoms with van der Waals surface area (Å²) in [7, 11) is 2.96. The van der Waals surface area contributed by atoms with E-state index < -0.39 is 5.97 Å². The zero-order chi connectivity index (χ0) is 18.0. The molecule has 1 aromatic carbocycles. The minimum Gasteiger partial charge on any atom is -0.496 e. The van der Waals surface area contributed by atoms with Crippen molar-refractivity contribution >= 4 is 28.9 Å². The number of halogens is 1. The van der Waals surface area contributed by atoms with Crippen LogP contribution in [-0.4, -0.2) is 29.6 Å². The molecule has 0 atom stereocenters. The van der Waals surface area contributed by atoms with E-state index >= 15 is 0 Å². The van der Waals surface area contributed by atoms with Crippen LogP contribution in [0.5, 0.6) is 5.75 Å². The molecular formula is C18H18ClN3O3. The largest absolute Gasteiger partial charge is 0.496 e. The first kappa shape index (κ1) is 17.1. The van der Waals surface area contributed by atoms with Crippen LogP contribution in [-0.2, 0) is 11.3 Å². The molecule has 2 heterocycles. The minimum atomic E-state index is -0.441. The number of carbonyl (C=O) groups is 1. The van der Waals surface area contributed by atoms with E-state index in [2.05, 4.69) is 10.3 Å². The fourth-order valence-corrected chi connectivity index (χ4v) is 2.90. The number of hydrogen-bond acceptors (Lipinski definition) is 5. The summed E-state index contributed by atoms with van der Waals surface area (Å²) in [5.41, 5.74) is 3.41. The van der Waals surface area contributed by atoms with Crippen molar-refractivity contribution in [3.8, 4) is 5.75 Å². The number of benzene rings is 1. The molecule has 0 saturated carbocycles. The van der Waals surface area contributed by atoms with E-state index in [-0.39, 0.29) is 0 Å². The Morgan fingerprint density at radius 1 is 1.28 bits per heavy atom. The Labute approximate surface area is 150 Å². The number of imidazole rings is 1. The van der Waals surface area contributed by atoms with Gasteiger partial charge in [0.05, 0.1) is 25.6 Å². The van der Waals surface area contributed by atoms with Crippen molar-refractivity contribution in [1.29, 1.82) is 0 Å². The monoisotopic (exact) mass is 359 g/mol. The highest BCUT2D eigenvalue weighted by molar-refractivity contribution is 6.30. The molecule has 0 fully saturated rings. The molecule has 0 unspecified atom stereocenters. The van der Waals surface area contributed by atoms with Crippen LogP contribution in [0, 0.1) is 6.92 Å². The molecule has 0 aliphatic heterocycles. The summed E-state index contributed by atoms with van der Waals surface area (Å²) < 4.78 is 12.0. The number of carbonyl (C=O) groups excluding carboxylic acids is 1. The molecule has 130 valence electrons. The summed E-state index contributed by atoms with van der Waals surface area (Å²) in [6, 6.07) is 9.06. The number of aromatic nitrogens is 2. The minimum absolute atomic E-state index is 0.390. The van der Waals surface area contributed by atoms with Crippen molar-refractivity contribution in [1.82, 2.24) is 9.38 Å². The Morgan fingerprint density at radius 3 is 2.80 bits per heavy atom. The fourth-order valence-electron chi connectivity index (χ4n) is 2.70. The van der Waals surface area contributed by atoms with E-state index in [1.165, 1.54) is 7.11 Å². The number of nitrogens with zero attached hydrogens (tertiary/aromatic N) is 2. The van der Waals surface area contributed by atoms with E-state index in [1.54, 1.807) is 23.8 Å². The molecule has 25 heavy (non-hydrogen) atoms. The van der Waals surface area contributed by atoms with Crippen molar-refractivity contribution in [2.24, 2.45) is 0 Å². The smallest absolute Gasteiger partial charge is 0.357 e. The fraction of sp³-hybridized carbons (Fsp3) is 0.222. The number of ether oxygens (including phenoxy) is 2. The van der Waals surface area contributed by atoms with Crippen LogP contribution in [0.15, 0.2) is 36.5 Å². The van der Waals surface area contributed by atoms with Crippen LogP contribution in [0.2, 0.25) is 5.02 Å². The predicted molar refractivity (Wildman–Crippen MR) is 96.6 cm³/mol. The number of fused-ring (bicyclic) bond motifs is 1. The number of methoxy groups -OCH3 is 2. The van der Waals surface area contributed by atoms with Gasteiger partial charge in [0.25, 0.3) is 0 Å². The highest BCUT2D eigenvalue weighted by atomic mass is 35.5. The molecule has 1 N–H and O–H groups in total. The van der Waals surface area contributed by atoms with Gasteiger partial charge in [-0.3, -0.25) is 4.40 Å². The Morgan fingerprint density at radius 2 is 2.08 bits per heavy atom. The van der Waals surface area contributed by atoms with Gasteiger partial charge in [-0.1, -0.05) is 11.6 Å². The van der Waals surface area contributed by atoms with Gasteiger partial charge < -0.3 is 14.8 Å². The Kier molecular flexibility index (Phi) is 4.81. The Hall–Kier alpha value is -2.73. The summed E-state index contributed by atoms with van der Waals surface area (Å²) >= 11 is 6.07. The lowest BCUT2D eigenvalue weighted by molar-refractivity contribution is 0.0593. The highest BCUT2D eigenvalue weighted by Gasteiger charge is 2.17. The maximum absolute atomic E-state index is 12.3. The molecule has 3 rings (SSSR count). The number of pyridine rings is 1. The van der Waals surface area contributed by atoms with Gasteiger partial charge in [0, 0.05) is 23.3 Å². The van der Waals surface area contributed by atoms with Crippen LogP contribution in [0.25, 0.3) is 5.65 Å².